The Balaban J connectivity index is 2.49. The number of ketones is 1. The Hall–Kier alpha value is -1.71. The average molecular weight is 205 g/mol. The second kappa shape index (κ2) is 3.81. The SMILES string of the molecule is COc1ccc2c(c1)C(N=O)C(=O)CC2. The number of hydrogen-bond donors (Lipinski definition) is 0. The van der Waals surface area contributed by atoms with Gasteiger partial charge >= 0.3 is 0 Å². The largest absolute Gasteiger partial charge is 0.497 e. The molecule has 1 atom stereocenters. The molecule has 0 amide bonds. The standard InChI is InChI=1S/C11H11NO3/c1-15-8-4-2-7-3-5-10(13)11(12-14)9(7)6-8/h2,4,6,11H,3,5H2,1H3. The first kappa shape index (κ1) is 9.83. The Labute approximate surface area is 87.2 Å². The zero-order chi connectivity index (χ0) is 10.8. The minimum Gasteiger partial charge on any atom is -0.497 e. The van der Waals surface area contributed by atoms with Crippen LogP contribution in [-0.4, -0.2) is 12.9 Å². The van der Waals surface area contributed by atoms with Gasteiger partial charge in [0.25, 0.3) is 0 Å². The molecule has 78 valence electrons. The monoisotopic (exact) mass is 205 g/mol. The van der Waals surface area contributed by atoms with Gasteiger partial charge in [0.2, 0.25) is 0 Å². The van der Waals surface area contributed by atoms with Crippen LogP contribution in [0.5, 0.6) is 5.75 Å². The summed E-state index contributed by atoms with van der Waals surface area (Å²) in [6.07, 6.45) is 1.08. The molecule has 0 heterocycles. The molecule has 4 heteroatoms. The lowest BCUT2D eigenvalue weighted by Gasteiger charge is -2.19. The summed E-state index contributed by atoms with van der Waals surface area (Å²) < 4.78 is 5.05. The topological polar surface area (TPSA) is 55.7 Å². The summed E-state index contributed by atoms with van der Waals surface area (Å²) in [5.41, 5.74) is 1.71. The number of aryl methyl sites for hydroxylation is 1. The molecule has 1 aromatic carbocycles. The minimum atomic E-state index is -0.844. The summed E-state index contributed by atoms with van der Waals surface area (Å²) in [5, 5.41) is 2.89. The zero-order valence-electron chi connectivity index (χ0n) is 8.40. The van der Waals surface area contributed by atoms with Gasteiger partial charge in [-0.2, -0.15) is 0 Å². The summed E-state index contributed by atoms with van der Waals surface area (Å²) >= 11 is 0. The van der Waals surface area contributed by atoms with Crippen LogP contribution in [0.4, 0.5) is 0 Å². The van der Waals surface area contributed by atoms with E-state index in [4.69, 9.17) is 4.74 Å². The first-order chi connectivity index (χ1) is 7.26. The van der Waals surface area contributed by atoms with Gasteiger partial charge in [0.15, 0.2) is 11.8 Å². The minimum absolute atomic E-state index is 0.106. The van der Waals surface area contributed by atoms with Crippen molar-refractivity contribution in [1.29, 1.82) is 0 Å². The number of hydrogen-bond acceptors (Lipinski definition) is 4. The number of benzene rings is 1. The Morgan fingerprint density at radius 2 is 2.20 bits per heavy atom. The predicted molar refractivity (Wildman–Crippen MR) is 54.9 cm³/mol. The molecule has 1 unspecified atom stereocenters. The molecule has 0 aromatic heterocycles. The molecule has 2 rings (SSSR count). The number of rotatable bonds is 2. The summed E-state index contributed by atoms with van der Waals surface area (Å²) in [7, 11) is 1.55. The van der Waals surface area contributed by atoms with Gasteiger partial charge in [-0.05, 0) is 29.7 Å². The molecule has 0 saturated carbocycles. The summed E-state index contributed by atoms with van der Waals surface area (Å²) in [5.74, 6) is 0.544. The second-order valence-electron chi connectivity index (χ2n) is 3.54. The number of carbonyl (C=O) groups is 1. The van der Waals surface area contributed by atoms with Crippen LogP contribution in [0.1, 0.15) is 23.6 Å². The molecule has 4 nitrogen and oxygen atoms in total. The molecule has 1 aliphatic rings. The number of nitrogens with zero attached hydrogens (tertiary/aromatic N) is 1. The molecule has 1 aromatic rings. The molecule has 1 aliphatic carbocycles. The van der Waals surface area contributed by atoms with Crippen LogP contribution < -0.4 is 4.74 Å². The van der Waals surface area contributed by atoms with E-state index in [1.54, 1.807) is 13.2 Å². The van der Waals surface area contributed by atoms with Gasteiger partial charge in [0.1, 0.15) is 5.75 Å². The first-order valence-electron chi connectivity index (χ1n) is 4.78. The van der Waals surface area contributed by atoms with E-state index in [1.807, 2.05) is 12.1 Å². The van der Waals surface area contributed by atoms with Crippen LogP contribution in [0.15, 0.2) is 23.4 Å². The van der Waals surface area contributed by atoms with Crippen molar-refractivity contribution in [3.8, 4) is 5.75 Å². The number of methoxy groups -OCH3 is 1. The number of fused-ring (bicyclic) bond motifs is 1. The van der Waals surface area contributed by atoms with E-state index in [2.05, 4.69) is 5.18 Å². The quantitative estimate of drug-likeness (QED) is 0.694. The normalized spacial score (nSPS) is 19.5. The molecule has 0 N–H and O–H groups in total. The number of ether oxygens (including phenoxy) is 1. The molecule has 0 spiro atoms. The van der Waals surface area contributed by atoms with Crippen molar-refractivity contribution in [1.82, 2.24) is 0 Å². The maximum Gasteiger partial charge on any atom is 0.175 e. The fraction of sp³-hybridized carbons (Fsp3) is 0.364. The maximum atomic E-state index is 11.5. The third kappa shape index (κ3) is 1.63. The number of carbonyl (C=O) groups excluding carboxylic acids is 1. The highest BCUT2D eigenvalue weighted by Gasteiger charge is 2.28. The van der Waals surface area contributed by atoms with E-state index >= 15 is 0 Å². The molecule has 15 heavy (non-hydrogen) atoms. The Morgan fingerprint density at radius 1 is 1.40 bits per heavy atom. The van der Waals surface area contributed by atoms with Crippen LogP contribution in [0, 0.1) is 4.91 Å². The molecule has 0 saturated heterocycles. The highest BCUT2D eigenvalue weighted by Crippen LogP contribution is 2.32. The van der Waals surface area contributed by atoms with Crippen LogP contribution in [0.25, 0.3) is 0 Å². The van der Waals surface area contributed by atoms with Crippen LogP contribution in [0.3, 0.4) is 0 Å². The van der Waals surface area contributed by atoms with Gasteiger partial charge in [0.05, 0.1) is 7.11 Å². The van der Waals surface area contributed by atoms with Crippen LogP contribution in [0.2, 0.25) is 0 Å². The molecular formula is C11H11NO3. The molecular weight excluding hydrogens is 194 g/mol. The zero-order valence-corrected chi connectivity index (χ0v) is 8.40. The number of nitroso groups, excluding NO2 is 1. The van der Waals surface area contributed by atoms with Crippen molar-refractivity contribution in [3.63, 3.8) is 0 Å². The van der Waals surface area contributed by atoms with Gasteiger partial charge < -0.3 is 4.74 Å². The fourth-order valence-electron chi connectivity index (χ4n) is 1.87. The molecule has 0 aliphatic heterocycles. The molecule has 0 radical (unpaired) electrons. The van der Waals surface area contributed by atoms with E-state index in [1.165, 1.54) is 0 Å². The van der Waals surface area contributed by atoms with E-state index in [9.17, 15) is 9.70 Å². The Bertz CT molecular complexity index is 414. The molecule has 0 fully saturated rings. The second-order valence-corrected chi connectivity index (χ2v) is 3.54. The predicted octanol–water partition coefficient (Wildman–Crippen LogP) is 2.02. The highest BCUT2D eigenvalue weighted by molar-refractivity contribution is 5.87. The third-order valence-corrected chi connectivity index (χ3v) is 2.70. The van der Waals surface area contributed by atoms with Crippen molar-refractivity contribution in [3.05, 3.63) is 34.2 Å². The van der Waals surface area contributed by atoms with Gasteiger partial charge in [-0.3, -0.25) is 4.79 Å². The van der Waals surface area contributed by atoms with Gasteiger partial charge in [0, 0.05) is 6.42 Å². The highest BCUT2D eigenvalue weighted by atomic mass is 16.5. The van der Waals surface area contributed by atoms with Crippen molar-refractivity contribution < 1.29 is 9.53 Å². The van der Waals surface area contributed by atoms with E-state index < -0.39 is 6.04 Å². The van der Waals surface area contributed by atoms with Gasteiger partial charge in [-0.1, -0.05) is 11.2 Å². The van der Waals surface area contributed by atoms with Crippen molar-refractivity contribution in [2.24, 2.45) is 5.18 Å². The summed E-state index contributed by atoms with van der Waals surface area (Å²) in [6, 6.07) is 4.59. The van der Waals surface area contributed by atoms with Crippen molar-refractivity contribution in [2.75, 3.05) is 7.11 Å². The van der Waals surface area contributed by atoms with Crippen molar-refractivity contribution >= 4 is 5.78 Å². The Morgan fingerprint density at radius 3 is 2.87 bits per heavy atom. The lowest BCUT2D eigenvalue weighted by molar-refractivity contribution is -0.120. The van der Waals surface area contributed by atoms with E-state index in [-0.39, 0.29) is 5.78 Å². The maximum absolute atomic E-state index is 11.5. The van der Waals surface area contributed by atoms with E-state index in [0.717, 1.165) is 5.56 Å². The Kier molecular flexibility index (Phi) is 2.49. The summed E-state index contributed by atoms with van der Waals surface area (Å²) in [4.78, 5) is 22.1. The van der Waals surface area contributed by atoms with Gasteiger partial charge in [-0.25, -0.2) is 0 Å². The first-order valence-corrected chi connectivity index (χ1v) is 4.78. The lowest BCUT2D eigenvalue weighted by atomic mass is 9.87. The summed E-state index contributed by atoms with van der Waals surface area (Å²) in [6.45, 7) is 0. The third-order valence-electron chi connectivity index (χ3n) is 2.70. The van der Waals surface area contributed by atoms with Crippen molar-refractivity contribution in [2.45, 2.75) is 18.9 Å². The number of Topliss-reactive ketones (excluding diaryl/α,β-unsaturated/α-hetero) is 1. The van der Waals surface area contributed by atoms with Crippen LogP contribution in [-0.2, 0) is 11.2 Å². The van der Waals surface area contributed by atoms with Gasteiger partial charge in [-0.15, -0.1) is 4.91 Å². The average Bonchev–Trinajstić information content (AvgIpc) is 2.28. The smallest absolute Gasteiger partial charge is 0.175 e. The lowest BCUT2D eigenvalue weighted by Crippen LogP contribution is -2.18. The van der Waals surface area contributed by atoms with Crippen LogP contribution >= 0.6 is 0 Å². The molecule has 0 bridgehead atoms. The van der Waals surface area contributed by atoms with E-state index in [0.29, 0.717) is 24.2 Å². The fourth-order valence-corrected chi connectivity index (χ4v) is 1.87.